The Hall–Kier alpha value is -0.340. The second kappa shape index (κ2) is 47.6. The zero-order chi connectivity index (χ0) is 31.6. The lowest BCUT2D eigenvalue weighted by atomic mass is 10.1. The summed E-state index contributed by atoms with van der Waals surface area (Å²) < 4.78 is 0. The van der Waals surface area contributed by atoms with Gasteiger partial charge in [0.25, 0.3) is 0 Å². The Balaban J connectivity index is -0.000000733. The van der Waals surface area contributed by atoms with E-state index in [2.05, 4.69) is 57.1 Å². The second-order valence-electron chi connectivity index (χ2n) is 12.5. The van der Waals surface area contributed by atoms with Crippen molar-refractivity contribution < 1.29 is 0 Å². The first kappa shape index (κ1) is 46.1. The number of hydrogen-bond acceptors (Lipinski definition) is 2. The van der Waals surface area contributed by atoms with Crippen LogP contribution in [0, 0.1) is 0 Å². The summed E-state index contributed by atoms with van der Waals surface area (Å²) in [5.74, 6) is 0. The zero-order valence-corrected chi connectivity index (χ0v) is 31.0. The first-order chi connectivity index (χ1) is 20.7. The van der Waals surface area contributed by atoms with E-state index in [4.69, 9.17) is 0 Å². The minimum absolute atomic E-state index is 1.11. The van der Waals surface area contributed by atoms with E-state index in [9.17, 15) is 0 Å². The molecule has 0 unspecified atom stereocenters. The predicted molar refractivity (Wildman–Crippen MR) is 198 cm³/mol. The number of hydrogen-bond donors (Lipinski definition) is 1. The van der Waals surface area contributed by atoms with Gasteiger partial charge < -0.3 is 10.2 Å². The molecule has 0 aromatic heterocycles. The van der Waals surface area contributed by atoms with Crippen LogP contribution in [0.2, 0.25) is 0 Å². The third-order valence-electron chi connectivity index (χ3n) is 8.13. The van der Waals surface area contributed by atoms with Gasteiger partial charge in [0.2, 0.25) is 0 Å². The molecule has 0 radical (unpaired) electrons. The Labute approximate surface area is 270 Å². The normalized spacial score (nSPS) is 11.0. The van der Waals surface area contributed by atoms with E-state index in [-0.39, 0.29) is 0 Å². The van der Waals surface area contributed by atoms with Crippen molar-refractivity contribution in [3.8, 4) is 0 Å². The Morgan fingerprint density at radius 3 is 1.05 bits per heavy atom. The van der Waals surface area contributed by atoms with Gasteiger partial charge in [0.15, 0.2) is 0 Å². The van der Waals surface area contributed by atoms with Crippen LogP contribution in [0.5, 0.6) is 0 Å². The lowest BCUT2D eigenvalue weighted by Gasteiger charge is -2.13. The number of unbranched alkanes of at least 4 members (excludes halogenated alkanes) is 23. The van der Waals surface area contributed by atoms with E-state index in [1.807, 2.05) is 13.8 Å². The molecule has 2 nitrogen and oxygen atoms in total. The van der Waals surface area contributed by atoms with E-state index < -0.39 is 0 Å². The maximum absolute atomic E-state index is 3.63. The minimum Gasteiger partial charge on any atom is -0.317 e. The molecule has 0 aliphatic carbocycles. The van der Waals surface area contributed by atoms with Crippen molar-refractivity contribution in [3.05, 3.63) is 12.2 Å². The van der Waals surface area contributed by atoms with Crippen LogP contribution in [0.15, 0.2) is 12.2 Å². The van der Waals surface area contributed by atoms with Crippen molar-refractivity contribution in [3.63, 3.8) is 0 Å². The largest absolute Gasteiger partial charge is 0.317 e. The van der Waals surface area contributed by atoms with Crippen LogP contribution in [0.4, 0.5) is 0 Å². The van der Waals surface area contributed by atoms with Crippen molar-refractivity contribution in [2.24, 2.45) is 0 Å². The van der Waals surface area contributed by atoms with Crippen LogP contribution < -0.4 is 5.32 Å². The summed E-state index contributed by atoms with van der Waals surface area (Å²) in [6, 6.07) is 0. The third kappa shape index (κ3) is 49.3. The van der Waals surface area contributed by atoms with E-state index in [1.165, 1.54) is 187 Å². The maximum atomic E-state index is 3.63. The average molecular weight is 595 g/mol. The fourth-order valence-electron chi connectivity index (χ4n) is 5.27. The molecular formula is C40H86N2. The summed E-state index contributed by atoms with van der Waals surface area (Å²) in [5, 5.41) is 3.63. The van der Waals surface area contributed by atoms with E-state index in [0.717, 1.165) is 13.0 Å². The van der Waals surface area contributed by atoms with Gasteiger partial charge >= 0.3 is 0 Å². The quantitative estimate of drug-likeness (QED) is 0.0615. The Kier molecular flexibility index (Phi) is 52.2. The van der Waals surface area contributed by atoms with Crippen molar-refractivity contribution in [1.82, 2.24) is 10.2 Å². The predicted octanol–water partition coefficient (Wildman–Crippen LogP) is 13.7. The molecule has 0 spiro atoms. The van der Waals surface area contributed by atoms with Gasteiger partial charge in [0.1, 0.15) is 0 Å². The molecule has 2 heteroatoms. The van der Waals surface area contributed by atoms with Crippen LogP contribution in [0.25, 0.3) is 0 Å². The summed E-state index contributed by atoms with van der Waals surface area (Å²) in [6.45, 7) is 17.9. The SMILES string of the molecule is CC.CC/C=C/CN(C)CCCCCCCCC.CCCCCCCCCCCCNCCCCCCCCCCC. The summed E-state index contributed by atoms with van der Waals surface area (Å²) in [7, 11) is 2.22. The van der Waals surface area contributed by atoms with Gasteiger partial charge in [-0.25, -0.2) is 0 Å². The van der Waals surface area contributed by atoms with Crippen LogP contribution >= 0.6 is 0 Å². The molecule has 0 aliphatic heterocycles. The van der Waals surface area contributed by atoms with E-state index in [1.54, 1.807) is 0 Å². The Bertz CT molecular complexity index is 411. The highest BCUT2D eigenvalue weighted by Gasteiger charge is 1.96. The van der Waals surface area contributed by atoms with Gasteiger partial charge in [-0.15, -0.1) is 0 Å². The molecule has 0 aromatic carbocycles. The first-order valence-electron chi connectivity index (χ1n) is 19.8. The Morgan fingerprint density at radius 1 is 0.405 bits per heavy atom. The molecule has 0 atom stereocenters. The number of likely N-dealkylation sites (N-methyl/N-ethyl adjacent to an activating group) is 1. The molecule has 0 aliphatic rings. The van der Waals surface area contributed by atoms with Gasteiger partial charge in [0, 0.05) is 6.54 Å². The van der Waals surface area contributed by atoms with Gasteiger partial charge in [-0.05, 0) is 52.4 Å². The highest BCUT2D eigenvalue weighted by atomic mass is 15.1. The average Bonchev–Trinajstić information content (AvgIpc) is 3.01. The molecule has 42 heavy (non-hydrogen) atoms. The summed E-state index contributed by atoms with van der Waals surface area (Å²) in [5.41, 5.74) is 0. The van der Waals surface area contributed by atoms with Crippen LogP contribution in [0.1, 0.15) is 215 Å². The van der Waals surface area contributed by atoms with Crippen molar-refractivity contribution in [2.45, 2.75) is 215 Å². The molecule has 0 heterocycles. The van der Waals surface area contributed by atoms with Crippen molar-refractivity contribution in [1.29, 1.82) is 0 Å². The molecular weight excluding hydrogens is 508 g/mol. The summed E-state index contributed by atoms with van der Waals surface area (Å²) in [6.07, 6.45) is 42.8. The van der Waals surface area contributed by atoms with Crippen molar-refractivity contribution >= 4 is 0 Å². The fourth-order valence-corrected chi connectivity index (χ4v) is 5.27. The number of nitrogens with one attached hydrogen (secondary N) is 1. The van der Waals surface area contributed by atoms with Crippen molar-refractivity contribution in [2.75, 3.05) is 33.2 Å². The molecule has 0 aromatic rings. The second-order valence-corrected chi connectivity index (χ2v) is 12.5. The van der Waals surface area contributed by atoms with E-state index >= 15 is 0 Å². The molecule has 0 saturated heterocycles. The monoisotopic (exact) mass is 595 g/mol. The molecule has 1 N–H and O–H groups in total. The number of nitrogens with zero attached hydrogens (tertiary/aromatic N) is 1. The lowest BCUT2D eigenvalue weighted by Crippen LogP contribution is -2.19. The topological polar surface area (TPSA) is 15.3 Å². The first-order valence-corrected chi connectivity index (χ1v) is 19.8. The maximum Gasteiger partial charge on any atom is 0.0160 e. The van der Waals surface area contributed by atoms with Crippen LogP contribution in [0.3, 0.4) is 0 Å². The molecule has 0 bridgehead atoms. The molecule has 0 saturated carbocycles. The fraction of sp³-hybridized carbons (Fsp3) is 0.950. The van der Waals surface area contributed by atoms with Crippen LogP contribution in [-0.4, -0.2) is 38.1 Å². The smallest absolute Gasteiger partial charge is 0.0160 e. The summed E-state index contributed by atoms with van der Waals surface area (Å²) in [4.78, 5) is 2.41. The van der Waals surface area contributed by atoms with E-state index in [0.29, 0.717) is 0 Å². The van der Waals surface area contributed by atoms with Gasteiger partial charge in [0.05, 0.1) is 0 Å². The molecule has 0 fully saturated rings. The standard InChI is InChI=1S/C23H49N.C15H31N.C2H6/c1-3-5-7-9-11-13-15-17-19-21-23-24-22-20-18-16-14-12-10-8-6-4-2;1-4-6-8-9-10-11-13-15-16(3)14-12-7-5-2;1-2/h24H,3-23H2,1-2H3;7,12H,4-6,8-11,13-15H2,1-3H3;1-2H3/b;12-7+;. The molecule has 0 amide bonds. The molecule has 256 valence electrons. The lowest BCUT2D eigenvalue weighted by molar-refractivity contribution is 0.356. The number of rotatable bonds is 32. The van der Waals surface area contributed by atoms with Gasteiger partial charge in [-0.1, -0.05) is 201 Å². The number of allylic oxidation sites excluding steroid dienone is 1. The highest BCUT2D eigenvalue weighted by molar-refractivity contribution is 4.82. The molecule has 0 rings (SSSR count). The summed E-state index contributed by atoms with van der Waals surface area (Å²) >= 11 is 0. The third-order valence-corrected chi connectivity index (χ3v) is 8.13. The zero-order valence-electron chi connectivity index (χ0n) is 31.0. The van der Waals surface area contributed by atoms with Gasteiger partial charge in [-0.2, -0.15) is 0 Å². The highest BCUT2D eigenvalue weighted by Crippen LogP contribution is 2.11. The van der Waals surface area contributed by atoms with Gasteiger partial charge in [-0.3, -0.25) is 0 Å². The Morgan fingerprint density at radius 2 is 0.714 bits per heavy atom. The van der Waals surface area contributed by atoms with Crippen LogP contribution in [-0.2, 0) is 0 Å². The minimum atomic E-state index is 1.11.